The summed E-state index contributed by atoms with van der Waals surface area (Å²) < 4.78 is 5.30. The van der Waals surface area contributed by atoms with Gasteiger partial charge in [-0.3, -0.25) is 4.98 Å². The van der Waals surface area contributed by atoms with E-state index in [-0.39, 0.29) is 0 Å². The summed E-state index contributed by atoms with van der Waals surface area (Å²) in [6.45, 7) is 2.05. The average Bonchev–Trinajstić information content (AvgIpc) is 2.82. The van der Waals surface area contributed by atoms with Gasteiger partial charge in [-0.15, -0.1) is 11.3 Å². The minimum atomic E-state index is 0.731. The number of aryl methyl sites for hydroxylation is 1. The van der Waals surface area contributed by atoms with Gasteiger partial charge in [0.25, 0.3) is 0 Å². The van der Waals surface area contributed by atoms with Gasteiger partial charge in [-0.2, -0.15) is 0 Å². The van der Waals surface area contributed by atoms with Gasteiger partial charge in [-0.1, -0.05) is 0 Å². The number of anilines is 2. The third-order valence-electron chi connectivity index (χ3n) is 2.81. The summed E-state index contributed by atoms with van der Waals surface area (Å²) in [5, 5.41) is 6.38. The molecule has 3 rings (SSSR count). The van der Waals surface area contributed by atoms with Gasteiger partial charge in [0.05, 0.1) is 18.7 Å². The molecule has 0 amide bonds. The minimum Gasteiger partial charge on any atom is -0.494 e. The molecule has 0 bridgehead atoms. The zero-order chi connectivity index (χ0) is 13.2. The lowest BCUT2D eigenvalue weighted by Crippen LogP contribution is -1.98. The number of fused-ring (bicyclic) bond motifs is 1. The quantitative estimate of drug-likeness (QED) is 0.793. The number of nitrogens with one attached hydrogen (secondary N) is 1. The standard InChI is InChI=1S/C13H12N4OS/c1-8-6-19-13-11(8)12(15-7-16-13)17-9-5-14-4-3-10(9)18-2/h3-7H,1-2H3,(H,15,16,17). The molecule has 0 radical (unpaired) electrons. The predicted molar refractivity (Wildman–Crippen MR) is 76.2 cm³/mol. The van der Waals surface area contributed by atoms with Crippen LogP contribution in [0.1, 0.15) is 5.56 Å². The maximum Gasteiger partial charge on any atom is 0.145 e. The molecule has 0 aliphatic rings. The largest absolute Gasteiger partial charge is 0.494 e. The van der Waals surface area contributed by atoms with Crippen molar-refractivity contribution in [2.75, 3.05) is 12.4 Å². The van der Waals surface area contributed by atoms with E-state index in [4.69, 9.17) is 4.74 Å². The third kappa shape index (κ3) is 2.10. The van der Waals surface area contributed by atoms with Crippen molar-refractivity contribution in [2.45, 2.75) is 6.92 Å². The normalized spacial score (nSPS) is 10.6. The average molecular weight is 272 g/mol. The Labute approximate surface area is 114 Å². The maximum atomic E-state index is 5.30. The van der Waals surface area contributed by atoms with E-state index in [1.54, 1.807) is 43.2 Å². The van der Waals surface area contributed by atoms with Crippen LogP contribution in [0.4, 0.5) is 11.5 Å². The summed E-state index contributed by atoms with van der Waals surface area (Å²) in [6.07, 6.45) is 4.97. The Morgan fingerprint density at radius 3 is 3.05 bits per heavy atom. The Balaban J connectivity index is 2.08. The monoisotopic (exact) mass is 272 g/mol. The van der Waals surface area contributed by atoms with E-state index in [1.165, 1.54) is 0 Å². The van der Waals surface area contributed by atoms with Gasteiger partial charge < -0.3 is 10.1 Å². The number of thiophene rings is 1. The Bertz CT molecular complexity index is 725. The third-order valence-corrected chi connectivity index (χ3v) is 3.81. The SMILES string of the molecule is COc1ccncc1Nc1ncnc2scc(C)c12. The highest BCUT2D eigenvalue weighted by atomic mass is 32.1. The van der Waals surface area contributed by atoms with Crippen molar-refractivity contribution < 1.29 is 4.74 Å². The fourth-order valence-corrected chi connectivity index (χ4v) is 2.78. The van der Waals surface area contributed by atoms with Crippen LogP contribution in [0.25, 0.3) is 10.2 Å². The zero-order valence-electron chi connectivity index (χ0n) is 10.5. The van der Waals surface area contributed by atoms with Gasteiger partial charge in [-0.05, 0) is 17.9 Å². The van der Waals surface area contributed by atoms with E-state index < -0.39 is 0 Å². The fourth-order valence-electron chi connectivity index (χ4n) is 1.89. The molecule has 0 spiro atoms. The van der Waals surface area contributed by atoms with E-state index in [9.17, 15) is 0 Å². The number of rotatable bonds is 3. The van der Waals surface area contributed by atoms with E-state index in [2.05, 4.69) is 25.6 Å². The van der Waals surface area contributed by atoms with Crippen molar-refractivity contribution in [3.8, 4) is 5.75 Å². The molecule has 0 unspecified atom stereocenters. The molecular weight excluding hydrogens is 260 g/mol. The second kappa shape index (κ2) is 4.81. The van der Waals surface area contributed by atoms with Gasteiger partial charge in [-0.25, -0.2) is 9.97 Å². The fraction of sp³-hybridized carbons (Fsp3) is 0.154. The first-order valence-corrected chi connectivity index (χ1v) is 6.61. The van der Waals surface area contributed by atoms with Crippen LogP contribution in [0.5, 0.6) is 5.75 Å². The molecule has 0 aromatic carbocycles. The zero-order valence-corrected chi connectivity index (χ0v) is 11.4. The van der Waals surface area contributed by atoms with Crippen molar-refractivity contribution in [3.63, 3.8) is 0 Å². The van der Waals surface area contributed by atoms with Crippen molar-refractivity contribution in [1.82, 2.24) is 15.0 Å². The molecule has 0 atom stereocenters. The molecule has 0 aliphatic carbocycles. The summed E-state index contributed by atoms with van der Waals surface area (Å²) in [7, 11) is 1.63. The van der Waals surface area contributed by atoms with E-state index in [0.29, 0.717) is 0 Å². The van der Waals surface area contributed by atoms with E-state index in [0.717, 1.165) is 33.0 Å². The van der Waals surface area contributed by atoms with Gasteiger partial charge in [0.15, 0.2) is 0 Å². The Kier molecular flexibility index (Phi) is 3.00. The lowest BCUT2D eigenvalue weighted by atomic mass is 10.2. The van der Waals surface area contributed by atoms with Crippen LogP contribution >= 0.6 is 11.3 Å². The lowest BCUT2D eigenvalue weighted by molar-refractivity contribution is 0.416. The number of methoxy groups -OCH3 is 1. The first-order chi connectivity index (χ1) is 9.29. The second-order valence-corrected chi connectivity index (χ2v) is 4.88. The number of hydrogen-bond donors (Lipinski definition) is 1. The molecule has 1 N–H and O–H groups in total. The molecule has 3 heterocycles. The van der Waals surface area contributed by atoms with Crippen LogP contribution in [0.3, 0.4) is 0 Å². The number of pyridine rings is 1. The van der Waals surface area contributed by atoms with E-state index in [1.807, 2.05) is 6.92 Å². The van der Waals surface area contributed by atoms with Gasteiger partial charge in [0.2, 0.25) is 0 Å². The first kappa shape index (κ1) is 11.9. The van der Waals surface area contributed by atoms with Gasteiger partial charge in [0, 0.05) is 12.3 Å². The maximum absolute atomic E-state index is 5.30. The van der Waals surface area contributed by atoms with Crippen LogP contribution in [-0.4, -0.2) is 22.1 Å². The lowest BCUT2D eigenvalue weighted by Gasteiger charge is -2.10. The van der Waals surface area contributed by atoms with Crippen LogP contribution in [0.2, 0.25) is 0 Å². The minimum absolute atomic E-state index is 0.731. The Hall–Kier alpha value is -2.21. The van der Waals surface area contributed by atoms with Crippen molar-refractivity contribution in [1.29, 1.82) is 0 Å². The molecule has 0 fully saturated rings. The summed E-state index contributed by atoms with van der Waals surface area (Å²) in [6, 6.07) is 1.81. The Morgan fingerprint density at radius 1 is 1.32 bits per heavy atom. The molecule has 3 aromatic heterocycles. The smallest absolute Gasteiger partial charge is 0.145 e. The van der Waals surface area contributed by atoms with Crippen molar-refractivity contribution in [3.05, 3.63) is 35.7 Å². The van der Waals surface area contributed by atoms with E-state index >= 15 is 0 Å². The van der Waals surface area contributed by atoms with Crippen LogP contribution in [-0.2, 0) is 0 Å². The van der Waals surface area contributed by atoms with Gasteiger partial charge >= 0.3 is 0 Å². The second-order valence-electron chi connectivity index (χ2n) is 4.02. The van der Waals surface area contributed by atoms with Crippen molar-refractivity contribution >= 4 is 33.1 Å². The summed E-state index contributed by atoms with van der Waals surface area (Å²) in [5.74, 6) is 1.50. The van der Waals surface area contributed by atoms with Crippen LogP contribution in [0, 0.1) is 6.92 Å². The summed E-state index contributed by atoms with van der Waals surface area (Å²) in [5.41, 5.74) is 1.95. The van der Waals surface area contributed by atoms with Gasteiger partial charge in [0.1, 0.15) is 28.4 Å². The number of nitrogens with zero attached hydrogens (tertiary/aromatic N) is 3. The molecule has 3 aromatic rings. The highest BCUT2D eigenvalue weighted by Crippen LogP contribution is 2.32. The Morgan fingerprint density at radius 2 is 2.21 bits per heavy atom. The molecule has 0 saturated carbocycles. The topological polar surface area (TPSA) is 59.9 Å². The number of aromatic nitrogens is 3. The molecule has 96 valence electrons. The van der Waals surface area contributed by atoms with Crippen LogP contribution in [0.15, 0.2) is 30.2 Å². The molecular formula is C13H12N4OS. The number of ether oxygens (including phenoxy) is 1. The predicted octanol–water partition coefficient (Wildman–Crippen LogP) is 3.15. The highest BCUT2D eigenvalue weighted by molar-refractivity contribution is 7.17. The molecule has 0 saturated heterocycles. The molecule has 19 heavy (non-hydrogen) atoms. The molecule has 5 nitrogen and oxygen atoms in total. The molecule has 6 heteroatoms. The van der Waals surface area contributed by atoms with Crippen LogP contribution < -0.4 is 10.1 Å². The molecule has 0 aliphatic heterocycles. The highest BCUT2D eigenvalue weighted by Gasteiger charge is 2.10. The van der Waals surface area contributed by atoms with Crippen molar-refractivity contribution in [2.24, 2.45) is 0 Å². The number of hydrogen-bond acceptors (Lipinski definition) is 6. The first-order valence-electron chi connectivity index (χ1n) is 5.73. The summed E-state index contributed by atoms with van der Waals surface area (Å²) >= 11 is 1.61. The summed E-state index contributed by atoms with van der Waals surface area (Å²) in [4.78, 5) is 13.6.